The maximum atomic E-state index is 12.7. The van der Waals surface area contributed by atoms with E-state index in [9.17, 15) is 40.7 Å². The molecule has 16 heteroatoms. The highest BCUT2D eigenvalue weighted by atomic mass is 19.4. The number of phenols is 1. The molecule has 0 bridgehead atoms. The van der Waals surface area contributed by atoms with E-state index in [2.05, 4.69) is 18.6 Å². The molecule has 0 spiro atoms. The zero-order valence-electron chi connectivity index (χ0n) is 28.0. The van der Waals surface area contributed by atoms with E-state index >= 15 is 0 Å². The lowest BCUT2D eigenvalue weighted by atomic mass is 9.90. The molecule has 3 aliphatic heterocycles. The first kappa shape index (κ1) is 38.9. The topological polar surface area (TPSA) is 127 Å². The van der Waals surface area contributed by atoms with E-state index in [0.29, 0.717) is 18.1 Å². The molecule has 3 heterocycles. The normalized spacial score (nSPS) is 26.7. The quantitative estimate of drug-likeness (QED) is 0.176. The molecule has 276 valence electrons. The summed E-state index contributed by atoms with van der Waals surface area (Å²) in [5, 5.41) is 9.01. The number of hydrogen-bond acceptors (Lipinski definition) is 10. The number of benzene rings is 2. The average Bonchev–Trinajstić information content (AvgIpc) is 3.65. The summed E-state index contributed by atoms with van der Waals surface area (Å²) in [5.74, 6) is -3.90. The van der Waals surface area contributed by atoms with E-state index in [0.717, 1.165) is 18.6 Å². The fourth-order valence-corrected chi connectivity index (χ4v) is 5.20. The summed E-state index contributed by atoms with van der Waals surface area (Å²) in [4.78, 5) is 36.8. The summed E-state index contributed by atoms with van der Waals surface area (Å²) < 4.78 is 108. The van der Waals surface area contributed by atoms with Gasteiger partial charge in [-0.2, -0.15) is 26.3 Å². The molecule has 2 aromatic carbocycles. The number of halogens is 6. The molecular formula is C34H38F6O10. The van der Waals surface area contributed by atoms with Crippen molar-refractivity contribution >= 4 is 17.9 Å². The summed E-state index contributed by atoms with van der Waals surface area (Å²) in [7, 11) is 0. The Labute approximate surface area is 283 Å². The second-order valence-electron chi connectivity index (χ2n) is 12.9. The van der Waals surface area contributed by atoms with Crippen molar-refractivity contribution in [2.24, 2.45) is 5.41 Å². The van der Waals surface area contributed by atoms with E-state index in [-0.39, 0.29) is 5.56 Å². The highest BCUT2D eigenvalue weighted by Gasteiger charge is 2.65. The molecule has 0 radical (unpaired) electrons. The predicted octanol–water partition coefficient (Wildman–Crippen LogP) is 6.83. The Morgan fingerprint density at radius 3 is 2.00 bits per heavy atom. The molecule has 0 amide bonds. The van der Waals surface area contributed by atoms with Crippen LogP contribution in [0.15, 0.2) is 48.5 Å². The smallest absolute Gasteiger partial charge is 0.434 e. The fourth-order valence-electron chi connectivity index (χ4n) is 5.20. The summed E-state index contributed by atoms with van der Waals surface area (Å²) in [6.45, 7) is 10.9. The lowest BCUT2D eigenvalue weighted by molar-refractivity contribution is -0.307. The number of phenolic OH excluding ortho intramolecular Hbond substituents is 1. The predicted molar refractivity (Wildman–Crippen MR) is 160 cm³/mol. The number of ether oxygens (including phenoxy) is 6. The highest BCUT2D eigenvalue weighted by Crippen LogP contribution is 2.47. The monoisotopic (exact) mass is 720 g/mol. The van der Waals surface area contributed by atoms with E-state index in [4.69, 9.17) is 28.8 Å². The van der Waals surface area contributed by atoms with E-state index < -0.39 is 83.8 Å². The van der Waals surface area contributed by atoms with Gasteiger partial charge in [0.05, 0.1) is 11.0 Å². The first-order valence-electron chi connectivity index (χ1n) is 15.8. The minimum Gasteiger partial charge on any atom is -0.508 e. The number of carbonyl (C=O) groups excluding carboxylic acids is 3. The van der Waals surface area contributed by atoms with Gasteiger partial charge in [-0.05, 0) is 69.4 Å². The molecule has 0 aliphatic carbocycles. The van der Waals surface area contributed by atoms with Crippen LogP contribution in [0.1, 0.15) is 81.8 Å². The maximum absolute atomic E-state index is 12.7. The molecule has 7 unspecified atom stereocenters. The summed E-state index contributed by atoms with van der Waals surface area (Å²) >= 11 is 0. The zero-order valence-corrected chi connectivity index (χ0v) is 28.0. The Morgan fingerprint density at radius 2 is 1.48 bits per heavy atom. The fraction of sp³-hybridized carbons (Fsp3) is 0.559. The molecule has 3 saturated heterocycles. The van der Waals surface area contributed by atoms with Crippen molar-refractivity contribution < 1.29 is 74.3 Å². The van der Waals surface area contributed by atoms with E-state index in [1.807, 2.05) is 12.1 Å². The van der Waals surface area contributed by atoms with Crippen LogP contribution in [-0.4, -0.2) is 72.2 Å². The standard InChI is InChI=1S/C24H24F6O9.C10H14O/c1-5-21(2,3)20(33)36-14-12-13(34-17(14)32)15-18(35-12)39-22(4,38-15)11-8-6-10(7-9-11)16(31)37-19(23(25,26)27)24(28,29)30;1-3-8(2)9-4-6-10(11)7-5-9/h6-9,12-15,18-19H,5H2,1-4H3;4-8,11H,3H2,1-2H3. The molecule has 3 fully saturated rings. The first-order valence-corrected chi connectivity index (χ1v) is 15.8. The number of aromatic hydroxyl groups is 1. The summed E-state index contributed by atoms with van der Waals surface area (Å²) in [5.41, 5.74) is 0.0797. The number of carbonyl (C=O) groups is 3. The third-order valence-corrected chi connectivity index (χ3v) is 8.90. The Kier molecular flexibility index (Phi) is 11.2. The van der Waals surface area contributed by atoms with Gasteiger partial charge in [-0.3, -0.25) is 4.79 Å². The Bertz CT molecular complexity index is 1510. The molecule has 10 nitrogen and oxygen atoms in total. The Morgan fingerprint density at radius 1 is 0.900 bits per heavy atom. The van der Waals surface area contributed by atoms with Crippen molar-refractivity contribution in [3.63, 3.8) is 0 Å². The van der Waals surface area contributed by atoms with Crippen molar-refractivity contribution in [3.8, 4) is 5.75 Å². The molecule has 3 aliphatic rings. The van der Waals surface area contributed by atoms with Crippen LogP contribution in [0.4, 0.5) is 26.3 Å². The molecule has 0 aromatic heterocycles. The maximum Gasteiger partial charge on any atom is 0.434 e. The van der Waals surface area contributed by atoms with Gasteiger partial charge in [-0.15, -0.1) is 0 Å². The van der Waals surface area contributed by atoms with Crippen molar-refractivity contribution in [2.45, 2.75) is 115 Å². The van der Waals surface area contributed by atoms with Crippen LogP contribution in [-0.2, 0) is 43.8 Å². The van der Waals surface area contributed by atoms with Crippen molar-refractivity contribution in [1.82, 2.24) is 0 Å². The van der Waals surface area contributed by atoms with Crippen LogP contribution in [0.2, 0.25) is 0 Å². The number of rotatable bonds is 8. The lowest BCUT2D eigenvalue weighted by Gasteiger charge is -2.27. The van der Waals surface area contributed by atoms with Crippen LogP contribution in [0.5, 0.6) is 5.75 Å². The summed E-state index contributed by atoms with van der Waals surface area (Å²) in [6, 6.07) is 11.7. The van der Waals surface area contributed by atoms with Gasteiger partial charge in [0.15, 0.2) is 24.3 Å². The van der Waals surface area contributed by atoms with Crippen molar-refractivity contribution in [1.29, 1.82) is 0 Å². The third kappa shape index (κ3) is 8.35. The van der Waals surface area contributed by atoms with E-state index in [1.165, 1.54) is 24.6 Å². The van der Waals surface area contributed by atoms with Gasteiger partial charge in [0.2, 0.25) is 6.10 Å². The van der Waals surface area contributed by atoms with Crippen molar-refractivity contribution in [2.75, 3.05) is 0 Å². The number of esters is 3. The van der Waals surface area contributed by atoms with Gasteiger partial charge in [0, 0.05) is 5.56 Å². The second kappa shape index (κ2) is 14.4. The highest BCUT2D eigenvalue weighted by molar-refractivity contribution is 5.89. The van der Waals surface area contributed by atoms with Crippen LogP contribution >= 0.6 is 0 Å². The third-order valence-electron chi connectivity index (χ3n) is 8.90. The minimum absolute atomic E-state index is 0.216. The Balaban J connectivity index is 0.000000435. The van der Waals surface area contributed by atoms with Gasteiger partial charge in [-0.25, -0.2) is 9.59 Å². The SMILES string of the molecule is CCC(C)(C)C(=O)OC1C(=O)OC2C3OC(C)(c4ccc(C(=O)OC(C(F)(F)F)C(F)(F)F)cc4)OC3OC12.CCC(C)c1ccc(O)cc1. The molecule has 50 heavy (non-hydrogen) atoms. The van der Waals surface area contributed by atoms with Crippen LogP contribution in [0.3, 0.4) is 0 Å². The molecule has 5 rings (SSSR count). The summed E-state index contributed by atoms with van der Waals surface area (Å²) in [6.07, 6.45) is -19.7. The molecule has 0 saturated carbocycles. The number of fused-ring (bicyclic) bond motifs is 3. The van der Waals surface area contributed by atoms with Gasteiger partial charge in [0.25, 0.3) is 6.10 Å². The minimum atomic E-state index is -5.85. The van der Waals surface area contributed by atoms with Crippen LogP contribution < -0.4 is 0 Å². The molecule has 1 N–H and O–H groups in total. The van der Waals surface area contributed by atoms with Crippen LogP contribution in [0, 0.1) is 5.41 Å². The number of alkyl halides is 6. The van der Waals surface area contributed by atoms with Gasteiger partial charge in [0.1, 0.15) is 11.9 Å². The van der Waals surface area contributed by atoms with Gasteiger partial charge >= 0.3 is 30.3 Å². The van der Waals surface area contributed by atoms with Gasteiger partial charge < -0.3 is 33.5 Å². The zero-order chi connectivity index (χ0) is 37.4. The van der Waals surface area contributed by atoms with Crippen LogP contribution in [0.25, 0.3) is 0 Å². The largest absolute Gasteiger partial charge is 0.508 e. The average molecular weight is 721 g/mol. The Hall–Kier alpha value is -3.89. The first-order chi connectivity index (χ1) is 23.1. The van der Waals surface area contributed by atoms with Gasteiger partial charge in [-0.1, -0.05) is 45.0 Å². The molecule has 7 atom stereocenters. The lowest BCUT2D eigenvalue weighted by Crippen LogP contribution is -2.45. The number of hydrogen-bond donors (Lipinski definition) is 1. The second-order valence-corrected chi connectivity index (χ2v) is 12.9. The molecular weight excluding hydrogens is 682 g/mol. The van der Waals surface area contributed by atoms with Crippen molar-refractivity contribution in [3.05, 3.63) is 65.2 Å². The van der Waals surface area contributed by atoms with E-state index in [1.54, 1.807) is 32.9 Å². The molecule has 2 aromatic rings.